The van der Waals surface area contributed by atoms with Crippen LogP contribution in [0.5, 0.6) is 0 Å². The summed E-state index contributed by atoms with van der Waals surface area (Å²) in [5.74, 6) is -1.19. The van der Waals surface area contributed by atoms with Crippen LogP contribution in [-0.2, 0) is 33.3 Å². The van der Waals surface area contributed by atoms with E-state index in [0.29, 0.717) is 0 Å². The van der Waals surface area contributed by atoms with Crippen LogP contribution in [0, 0.1) is 0 Å². The van der Waals surface area contributed by atoms with Crippen LogP contribution in [0.3, 0.4) is 0 Å². The van der Waals surface area contributed by atoms with E-state index in [1.807, 2.05) is 0 Å². The summed E-state index contributed by atoms with van der Waals surface area (Å²) < 4.78 is 20.9. The number of esters is 2. The second kappa shape index (κ2) is 7.94. The minimum atomic E-state index is -0.799. The van der Waals surface area contributed by atoms with E-state index in [1.165, 1.54) is 27.9 Å². The van der Waals surface area contributed by atoms with Gasteiger partial charge in [-0.25, -0.2) is 0 Å². The topological polar surface area (TPSA) is 100 Å². The average molecular weight is 303 g/mol. The van der Waals surface area contributed by atoms with E-state index in [-0.39, 0.29) is 18.9 Å². The molecule has 0 aromatic rings. The van der Waals surface area contributed by atoms with E-state index in [4.69, 9.17) is 18.9 Å². The molecule has 4 unspecified atom stereocenters. The number of carbonyl (C=O) groups is 3. The molecule has 0 aromatic carbocycles. The van der Waals surface area contributed by atoms with Crippen molar-refractivity contribution >= 4 is 17.8 Å². The van der Waals surface area contributed by atoms with Crippen molar-refractivity contribution in [3.63, 3.8) is 0 Å². The van der Waals surface area contributed by atoms with Gasteiger partial charge in [-0.3, -0.25) is 14.4 Å². The second-order valence-corrected chi connectivity index (χ2v) is 4.77. The Hall–Kier alpha value is -1.67. The van der Waals surface area contributed by atoms with E-state index in [9.17, 15) is 14.4 Å². The number of methoxy groups -OCH3 is 1. The standard InChI is InChI=1S/C13H21NO7/c1-7(15)14-12-11(20-9(3)17)5-10(6-19-8(2)16)21-13(12)18-4/h10-13H,5-6H2,1-4H3,(H,14,15). The fraction of sp³-hybridized carbons (Fsp3) is 0.769. The lowest BCUT2D eigenvalue weighted by Gasteiger charge is -2.40. The molecule has 1 saturated heterocycles. The van der Waals surface area contributed by atoms with Crippen LogP contribution in [-0.4, -0.2) is 56.1 Å². The number of carbonyl (C=O) groups excluding carboxylic acids is 3. The normalized spacial score (nSPS) is 28.6. The Bertz CT molecular complexity index is 398. The first-order valence-corrected chi connectivity index (χ1v) is 6.59. The van der Waals surface area contributed by atoms with Gasteiger partial charge in [0.2, 0.25) is 5.91 Å². The molecular weight excluding hydrogens is 282 g/mol. The number of nitrogens with one attached hydrogen (secondary N) is 1. The molecule has 1 N–H and O–H groups in total. The molecule has 8 nitrogen and oxygen atoms in total. The molecule has 0 aliphatic carbocycles. The highest BCUT2D eigenvalue weighted by Gasteiger charge is 2.41. The highest BCUT2D eigenvalue weighted by Crippen LogP contribution is 2.24. The summed E-state index contributed by atoms with van der Waals surface area (Å²) >= 11 is 0. The van der Waals surface area contributed by atoms with Gasteiger partial charge in [0.15, 0.2) is 6.29 Å². The van der Waals surface area contributed by atoms with Gasteiger partial charge in [-0.15, -0.1) is 0 Å². The maximum Gasteiger partial charge on any atom is 0.302 e. The van der Waals surface area contributed by atoms with Crippen molar-refractivity contribution in [2.24, 2.45) is 0 Å². The third-order valence-electron chi connectivity index (χ3n) is 2.91. The molecule has 1 heterocycles. The molecule has 1 fully saturated rings. The summed E-state index contributed by atoms with van der Waals surface area (Å²) in [5.41, 5.74) is 0. The Balaban J connectivity index is 2.80. The van der Waals surface area contributed by atoms with Crippen LogP contribution in [0.25, 0.3) is 0 Å². The van der Waals surface area contributed by atoms with Gasteiger partial charge in [0.05, 0.1) is 6.10 Å². The molecule has 0 radical (unpaired) electrons. The van der Waals surface area contributed by atoms with E-state index in [2.05, 4.69) is 5.32 Å². The summed E-state index contributed by atoms with van der Waals surface area (Å²) in [7, 11) is 1.42. The van der Waals surface area contributed by atoms with Crippen LogP contribution in [0.1, 0.15) is 27.2 Å². The molecule has 0 aromatic heterocycles. The highest BCUT2D eigenvalue weighted by molar-refractivity contribution is 5.73. The molecule has 0 spiro atoms. The third kappa shape index (κ3) is 5.68. The van der Waals surface area contributed by atoms with Gasteiger partial charge in [-0.1, -0.05) is 0 Å². The Morgan fingerprint density at radius 1 is 1.19 bits per heavy atom. The minimum absolute atomic E-state index is 0.0275. The molecule has 120 valence electrons. The first kappa shape index (κ1) is 17.4. The van der Waals surface area contributed by atoms with Crippen molar-refractivity contribution in [3.8, 4) is 0 Å². The van der Waals surface area contributed by atoms with Gasteiger partial charge in [0.25, 0.3) is 0 Å². The second-order valence-electron chi connectivity index (χ2n) is 4.77. The highest BCUT2D eigenvalue weighted by atomic mass is 16.7. The molecule has 1 rings (SSSR count). The van der Waals surface area contributed by atoms with Crippen molar-refractivity contribution < 1.29 is 33.3 Å². The van der Waals surface area contributed by atoms with Crippen molar-refractivity contribution in [2.75, 3.05) is 13.7 Å². The van der Waals surface area contributed by atoms with Crippen molar-refractivity contribution in [1.82, 2.24) is 5.32 Å². The summed E-state index contributed by atoms with van der Waals surface area (Å²) in [6.45, 7) is 3.95. The Morgan fingerprint density at radius 2 is 1.86 bits per heavy atom. The molecule has 1 aliphatic rings. The number of hydrogen-bond acceptors (Lipinski definition) is 7. The van der Waals surface area contributed by atoms with Crippen molar-refractivity contribution in [2.45, 2.75) is 51.7 Å². The monoisotopic (exact) mass is 303 g/mol. The lowest BCUT2D eigenvalue weighted by atomic mass is 10.00. The predicted molar refractivity (Wildman–Crippen MR) is 70.1 cm³/mol. The molecule has 1 aliphatic heterocycles. The van der Waals surface area contributed by atoms with E-state index < -0.39 is 36.5 Å². The SMILES string of the molecule is COC1OC(COC(C)=O)CC(OC(C)=O)C1NC(C)=O. The van der Waals surface area contributed by atoms with E-state index in [1.54, 1.807) is 0 Å². The lowest BCUT2D eigenvalue weighted by Crippen LogP contribution is -2.59. The van der Waals surface area contributed by atoms with Crippen molar-refractivity contribution in [1.29, 1.82) is 0 Å². The van der Waals surface area contributed by atoms with Crippen LogP contribution in [0.4, 0.5) is 0 Å². The lowest BCUT2D eigenvalue weighted by molar-refractivity contribution is -0.234. The van der Waals surface area contributed by atoms with Crippen LogP contribution < -0.4 is 5.32 Å². The largest absolute Gasteiger partial charge is 0.463 e. The average Bonchev–Trinajstić information content (AvgIpc) is 2.37. The smallest absolute Gasteiger partial charge is 0.302 e. The maximum atomic E-state index is 11.3. The fourth-order valence-electron chi connectivity index (χ4n) is 2.16. The van der Waals surface area contributed by atoms with Gasteiger partial charge in [0.1, 0.15) is 18.8 Å². The minimum Gasteiger partial charge on any atom is -0.463 e. The van der Waals surface area contributed by atoms with Crippen LogP contribution in [0.2, 0.25) is 0 Å². The third-order valence-corrected chi connectivity index (χ3v) is 2.91. The zero-order chi connectivity index (χ0) is 16.0. The number of rotatable bonds is 5. The number of ether oxygens (including phenoxy) is 4. The van der Waals surface area contributed by atoms with Gasteiger partial charge < -0.3 is 24.3 Å². The Labute approximate surface area is 123 Å². The Morgan fingerprint density at radius 3 is 2.33 bits per heavy atom. The first-order chi connectivity index (χ1) is 9.83. The maximum absolute atomic E-state index is 11.3. The summed E-state index contributed by atoms with van der Waals surface area (Å²) in [5, 5.41) is 2.65. The van der Waals surface area contributed by atoms with Gasteiger partial charge >= 0.3 is 11.9 Å². The van der Waals surface area contributed by atoms with Crippen LogP contribution in [0.15, 0.2) is 0 Å². The summed E-state index contributed by atoms with van der Waals surface area (Å²) in [6.07, 6.45) is -1.61. The van der Waals surface area contributed by atoms with E-state index in [0.717, 1.165) is 0 Å². The molecule has 8 heteroatoms. The predicted octanol–water partition coefficient (Wildman–Crippen LogP) is -0.253. The molecule has 4 atom stereocenters. The zero-order valence-electron chi connectivity index (χ0n) is 12.6. The quantitative estimate of drug-likeness (QED) is 0.699. The van der Waals surface area contributed by atoms with E-state index >= 15 is 0 Å². The first-order valence-electron chi connectivity index (χ1n) is 6.59. The zero-order valence-corrected chi connectivity index (χ0v) is 12.6. The van der Waals surface area contributed by atoms with Gasteiger partial charge in [0, 0.05) is 34.3 Å². The Kier molecular flexibility index (Phi) is 6.57. The van der Waals surface area contributed by atoms with Crippen molar-refractivity contribution in [3.05, 3.63) is 0 Å². The molecule has 0 saturated carbocycles. The molecule has 1 amide bonds. The fourth-order valence-corrected chi connectivity index (χ4v) is 2.16. The molecule has 21 heavy (non-hydrogen) atoms. The van der Waals surface area contributed by atoms with Gasteiger partial charge in [-0.05, 0) is 0 Å². The van der Waals surface area contributed by atoms with Gasteiger partial charge in [-0.2, -0.15) is 0 Å². The molecular formula is C13H21NO7. The number of amides is 1. The molecule has 0 bridgehead atoms. The number of hydrogen-bond donors (Lipinski definition) is 1. The summed E-state index contributed by atoms with van der Waals surface area (Å²) in [4.78, 5) is 33.3. The summed E-state index contributed by atoms with van der Waals surface area (Å²) in [6, 6.07) is -0.620. The van der Waals surface area contributed by atoms with Crippen LogP contribution >= 0.6 is 0 Å².